The number of esters is 4. The molecule has 0 rings (SSSR count). The van der Waals surface area contributed by atoms with E-state index in [1.165, 1.54) is 128 Å². The number of phosphoric ester groups is 2. The van der Waals surface area contributed by atoms with Crippen LogP contribution in [0.25, 0.3) is 0 Å². The third-order valence-corrected chi connectivity index (χ3v) is 19.1. The highest BCUT2D eigenvalue weighted by Gasteiger charge is 2.30. The van der Waals surface area contributed by atoms with Gasteiger partial charge in [-0.05, 0) is 128 Å². The highest BCUT2D eigenvalue weighted by molar-refractivity contribution is 7.47. The lowest BCUT2D eigenvalue weighted by molar-refractivity contribution is -0.161. The van der Waals surface area contributed by atoms with Gasteiger partial charge in [0.1, 0.15) is 19.3 Å². The average molecular weight is 1430 g/mol. The largest absolute Gasteiger partial charge is 0.472 e. The van der Waals surface area contributed by atoms with Gasteiger partial charge in [-0.3, -0.25) is 37.3 Å². The van der Waals surface area contributed by atoms with Gasteiger partial charge in [0.2, 0.25) is 0 Å². The molecule has 0 aliphatic heterocycles. The molecule has 0 aliphatic carbocycles. The molecule has 0 saturated heterocycles. The Kier molecular flexibility index (Phi) is 70.2. The summed E-state index contributed by atoms with van der Waals surface area (Å²) in [6, 6.07) is 0. The van der Waals surface area contributed by atoms with Gasteiger partial charge in [-0.15, -0.1) is 0 Å². The first kappa shape index (κ1) is 95.0. The van der Waals surface area contributed by atoms with E-state index < -0.39 is 97.5 Å². The van der Waals surface area contributed by atoms with Crippen LogP contribution < -0.4 is 0 Å². The molecule has 0 fully saturated rings. The van der Waals surface area contributed by atoms with Crippen LogP contribution in [0.15, 0.2) is 48.6 Å². The van der Waals surface area contributed by atoms with Gasteiger partial charge in [0.15, 0.2) is 12.2 Å². The van der Waals surface area contributed by atoms with Gasteiger partial charge < -0.3 is 33.8 Å². The zero-order valence-corrected chi connectivity index (χ0v) is 64.5. The molecule has 0 radical (unpaired) electrons. The van der Waals surface area contributed by atoms with Crippen molar-refractivity contribution in [1.29, 1.82) is 0 Å². The van der Waals surface area contributed by atoms with Crippen molar-refractivity contribution in [2.24, 2.45) is 0 Å². The Balaban J connectivity index is 5.32. The van der Waals surface area contributed by atoms with Crippen molar-refractivity contribution in [2.75, 3.05) is 39.6 Å². The molecule has 0 amide bonds. The first-order valence-corrected chi connectivity index (χ1v) is 42.9. The third-order valence-electron chi connectivity index (χ3n) is 17.2. The standard InChI is InChI=1S/C79H146O17P2/c1-5-9-13-17-21-25-29-33-36-40-43-47-51-55-59-63-76(81)89-69-74(95-78(83)65-61-57-53-49-45-39-32-28-24-20-16-12-8-4)71-93-97(85,86)91-67-73(80)68-92-98(87,88)94-72-75(96-79(84)66-62-58-54-50-46-42-38-35-31-27-23-19-15-11-7-3)70-90-77(82)64-60-56-52-48-44-41-37-34-30-26-22-18-14-10-6-2/h25,27-29,31-32,34,37,73-75,80H,5-24,26,30,33,35-36,38-72H2,1-4H3,(H,85,86)(H,87,88)/b29-25-,31-27-,32-28-,37-34-/t73-,74+,75+/m0/s1. The maximum absolute atomic E-state index is 13.1. The van der Waals surface area contributed by atoms with E-state index >= 15 is 0 Å². The summed E-state index contributed by atoms with van der Waals surface area (Å²) < 4.78 is 68.6. The molecule has 17 nitrogen and oxygen atoms in total. The highest BCUT2D eigenvalue weighted by Crippen LogP contribution is 2.45. The van der Waals surface area contributed by atoms with Crippen LogP contribution in [-0.2, 0) is 65.4 Å². The number of ether oxygens (including phenoxy) is 4. The maximum atomic E-state index is 13.1. The number of rotatable bonds is 76. The molecule has 3 N–H and O–H groups in total. The predicted molar refractivity (Wildman–Crippen MR) is 400 cm³/mol. The fourth-order valence-corrected chi connectivity index (χ4v) is 12.7. The fraction of sp³-hybridized carbons (Fsp3) is 0.848. The normalized spacial score (nSPS) is 14.2. The summed E-state index contributed by atoms with van der Waals surface area (Å²) in [6.07, 6.45) is 69.4. The Morgan fingerprint density at radius 2 is 0.469 bits per heavy atom. The summed E-state index contributed by atoms with van der Waals surface area (Å²) in [4.78, 5) is 72.9. The van der Waals surface area contributed by atoms with Gasteiger partial charge in [0.05, 0.1) is 26.4 Å². The molecule has 0 aromatic carbocycles. The van der Waals surface area contributed by atoms with Gasteiger partial charge in [0.25, 0.3) is 0 Å². The van der Waals surface area contributed by atoms with E-state index in [4.69, 9.17) is 37.0 Å². The molecule has 19 heteroatoms. The lowest BCUT2D eigenvalue weighted by Gasteiger charge is -2.21. The van der Waals surface area contributed by atoms with Crippen LogP contribution in [0, 0.1) is 0 Å². The molecular formula is C79H146O17P2. The van der Waals surface area contributed by atoms with E-state index in [0.717, 1.165) is 167 Å². The predicted octanol–water partition coefficient (Wildman–Crippen LogP) is 22.9. The zero-order valence-electron chi connectivity index (χ0n) is 62.7. The van der Waals surface area contributed by atoms with Crippen molar-refractivity contribution >= 4 is 39.5 Å². The SMILES string of the molecule is CCCCCC/C=C\CCCCCCCCCC(=O)OC[C@H](COP(=O)(O)OC[C@H](O)COP(=O)(O)OC[C@@H](COC(=O)CCCCCCC/C=C\CCCCCCCC)OC(=O)CCCCCCCCC/C=C\CCCCCC)OC(=O)CCCCCCC/C=C\CCCCCC. The molecule has 0 aliphatic rings. The van der Waals surface area contributed by atoms with E-state index in [1.807, 2.05) is 0 Å². The van der Waals surface area contributed by atoms with Crippen LogP contribution in [0.5, 0.6) is 0 Å². The minimum absolute atomic E-state index is 0.0890. The molecule has 2 unspecified atom stereocenters. The molecule has 574 valence electrons. The number of phosphoric acid groups is 2. The van der Waals surface area contributed by atoms with Crippen LogP contribution in [0.1, 0.15) is 374 Å². The van der Waals surface area contributed by atoms with Crippen LogP contribution in [0.2, 0.25) is 0 Å². The summed E-state index contributed by atoms with van der Waals surface area (Å²) >= 11 is 0. The molecule has 5 atom stereocenters. The number of allylic oxidation sites excluding steroid dienone is 8. The summed E-state index contributed by atoms with van der Waals surface area (Å²) in [5.41, 5.74) is 0. The van der Waals surface area contributed by atoms with E-state index in [1.54, 1.807) is 0 Å². The number of carbonyl (C=O) groups is 4. The number of hydrogen-bond acceptors (Lipinski definition) is 15. The lowest BCUT2D eigenvalue weighted by Crippen LogP contribution is -2.30. The van der Waals surface area contributed by atoms with Crippen molar-refractivity contribution in [2.45, 2.75) is 393 Å². The minimum atomic E-state index is -4.97. The number of aliphatic hydroxyl groups excluding tert-OH is 1. The third kappa shape index (κ3) is 71.4. The second-order valence-electron chi connectivity index (χ2n) is 27.0. The Hall–Kier alpha value is -2.98. The van der Waals surface area contributed by atoms with Crippen molar-refractivity contribution < 1.29 is 80.2 Å². The van der Waals surface area contributed by atoms with Crippen molar-refractivity contribution in [3.8, 4) is 0 Å². The summed E-state index contributed by atoms with van der Waals surface area (Å²) in [7, 11) is -9.94. The first-order valence-electron chi connectivity index (χ1n) is 39.9. The first-order chi connectivity index (χ1) is 47.7. The maximum Gasteiger partial charge on any atom is 0.472 e. The monoisotopic (exact) mass is 1430 g/mol. The number of carbonyl (C=O) groups excluding carboxylic acids is 4. The van der Waals surface area contributed by atoms with Gasteiger partial charge >= 0.3 is 39.5 Å². The average Bonchev–Trinajstić information content (AvgIpc) is 0.959. The Morgan fingerprint density at radius 3 is 0.714 bits per heavy atom. The van der Waals surface area contributed by atoms with Gasteiger partial charge in [-0.1, -0.05) is 269 Å². The fourth-order valence-electron chi connectivity index (χ4n) is 11.1. The highest BCUT2D eigenvalue weighted by atomic mass is 31.2. The summed E-state index contributed by atoms with van der Waals surface area (Å²) in [5.74, 6) is -2.17. The zero-order chi connectivity index (χ0) is 71.8. The van der Waals surface area contributed by atoms with Crippen LogP contribution in [-0.4, -0.2) is 96.7 Å². The van der Waals surface area contributed by atoms with Crippen molar-refractivity contribution in [3.63, 3.8) is 0 Å². The topological polar surface area (TPSA) is 237 Å². The van der Waals surface area contributed by atoms with Gasteiger partial charge in [-0.25, -0.2) is 9.13 Å². The molecule has 0 aromatic rings. The van der Waals surface area contributed by atoms with E-state index in [2.05, 4.69) is 76.3 Å². The van der Waals surface area contributed by atoms with Crippen LogP contribution in [0.4, 0.5) is 0 Å². The molecular weight excluding hydrogens is 1280 g/mol. The molecule has 0 aromatic heterocycles. The molecule has 0 spiro atoms. The molecule has 0 heterocycles. The Bertz CT molecular complexity index is 2050. The van der Waals surface area contributed by atoms with E-state index in [9.17, 15) is 43.2 Å². The number of unbranched alkanes of at least 4 members (excludes halogenated alkanes) is 42. The molecule has 0 saturated carbocycles. The Morgan fingerprint density at radius 1 is 0.276 bits per heavy atom. The van der Waals surface area contributed by atoms with E-state index in [0.29, 0.717) is 25.7 Å². The second kappa shape index (κ2) is 72.4. The number of aliphatic hydroxyl groups is 1. The van der Waals surface area contributed by atoms with Crippen molar-refractivity contribution in [1.82, 2.24) is 0 Å². The number of hydrogen-bond donors (Lipinski definition) is 3. The van der Waals surface area contributed by atoms with Gasteiger partial charge in [-0.2, -0.15) is 0 Å². The van der Waals surface area contributed by atoms with Crippen molar-refractivity contribution in [3.05, 3.63) is 48.6 Å². The summed E-state index contributed by atoms with van der Waals surface area (Å²) in [6.45, 7) is 4.88. The lowest BCUT2D eigenvalue weighted by atomic mass is 10.1. The summed E-state index contributed by atoms with van der Waals surface area (Å²) in [5, 5.41) is 10.6. The van der Waals surface area contributed by atoms with E-state index in [-0.39, 0.29) is 25.7 Å². The smallest absolute Gasteiger partial charge is 0.462 e. The molecule has 0 bridgehead atoms. The van der Waals surface area contributed by atoms with Gasteiger partial charge in [0, 0.05) is 25.7 Å². The Labute approximate surface area is 597 Å². The molecule has 98 heavy (non-hydrogen) atoms. The van der Waals surface area contributed by atoms with Crippen LogP contribution >= 0.6 is 15.6 Å². The quantitative estimate of drug-likeness (QED) is 0.0169. The van der Waals surface area contributed by atoms with Crippen LogP contribution in [0.3, 0.4) is 0 Å². The second-order valence-corrected chi connectivity index (χ2v) is 29.9. The minimum Gasteiger partial charge on any atom is -0.462 e.